The highest BCUT2D eigenvalue weighted by atomic mass is 16.5. The summed E-state index contributed by atoms with van der Waals surface area (Å²) in [6.07, 6.45) is 4.54. The number of carbonyl (C=O) groups excluding carboxylic acids is 2. The topological polar surface area (TPSA) is 95.9 Å². The Labute approximate surface area is 177 Å². The number of rotatable bonds is 9. The van der Waals surface area contributed by atoms with Gasteiger partial charge in [0.15, 0.2) is 0 Å². The van der Waals surface area contributed by atoms with Gasteiger partial charge in [0.1, 0.15) is 12.1 Å². The van der Waals surface area contributed by atoms with Crippen LogP contribution in [0.1, 0.15) is 51.5 Å². The van der Waals surface area contributed by atoms with Gasteiger partial charge in [-0.05, 0) is 57.4 Å². The van der Waals surface area contributed by atoms with Crippen molar-refractivity contribution in [1.82, 2.24) is 10.2 Å². The molecule has 4 unspecified atom stereocenters. The van der Waals surface area contributed by atoms with Crippen LogP contribution < -0.4 is 5.32 Å². The molecule has 0 bridgehead atoms. The molecule has 0 radical (unpaired) electrons. The number of aliphatic carboxylic acids is 1. The second-order valence-corrected chi connectivity index (χ2v) is 8.31. The van der Waals surface area contributed by atoms with Crippen molar-refractivity contribution in [1.29, 1.82) is 0 Å². The lowest BCUT2D eigenvalue weighted by Gasteiger charge is -2.31. The first kappa shape index (κ1) is 22.3. The van der Waals surface area contributed by atoms with Crippen molar-refractivity contribution in [3.63, 3.8) is 0 Å². The van der Waals surface area contributed by atoms with Crippen LogP contribution in [0, 0.1) is 5.92 Å². The maximum atomic E-state index is 13.2. The minimum Gasteiger partial charge on any atom is -0.480 e. The first-order valence-corrected chi connectivity index (χ1v) is 10.9. The Morgan fingerprint density at radius 3 is 2.63 bits per heavy atom. The summed E-state index contributed by atoms with van der Waals surface area (Å²) in [6, 6.07) is 7.76. The Morgan fingerprint density at radius 1 is 1.23 bits per heavy atom. The van der Waals surface area contributed by atoms with Crippen LogP contribution in [0.2, 0.25) is 0 Å². The summed E-state index contributed by atoms with van der Waals surface area (Å²) >= 11 is 0. The van der Waals surface area contributed by atoms with Gasteiger partial charge in [0.05, 0.1) is 12.6 Å². The third kappa shape index (κ3) is 5.01. The molecule has 1 saturated heterocycles. The summed E-state index contributed by atoms with van der Waals surface area (Å²) in [5.74, 6) is -1.31. The predicted octanol–water partition coefficient (Wildman–Crippen LogP) is 2.38. The van der Waals surface area contributed by atoms with Crippen LogP contribution in [-0.2, 0) is 25.5 Å². The number of ether oxygens (including phenoxy) is 1. The molecule has 7 heteroatoms. The van der Waals surface area contributed by atoms with Crippen molar-refractivity contribution in [2.45, 2.75) is 76.5 Å². The quantitative estimate of drug-likeness (QED) is 0.600. The fourth-order valence-corrected chi connectivity index (χ4v) is 4.89. The van der Waals surface area contributed by atoms with E-state index in [4.69, 9.17) is 4.74 Å². The molecule has 1 aromatic carbocycles. The Hall–Kier alpha value is -2.41. The number of benzene rings is 1. The number of carboxylic acids is 1. The Kier molecular flexibility index (Phi) is 7.48. The number of nitrogens with one attached hydrogen (secondary N) is 1. The summed E-state index contributed by atoms with van der Waals surface area (Å²) in [5.41, 5.74) is 1.10. The monoisotopic (exact) mass is 416 g/mol. The fraction of sp³-hybridized carbons (Fsp3) is 0.609. The average molecular weight is 417 g/mol. The molecule has 1 aliphatic carbocycles. The molecule has 5 atom stereocenters. The Balaban J connectivity index is 1.68. The molecule has 2 N–H and O–H groups in total. The standard InChI is InChI=1S/C23H32N2O5/c1-3-30-23(29)18(13-12-16-8-5-4-6-9-16)24-15(2)21(26)25-19-11-7-10-17(19)14-20(25)22(27)28/h4-6,8-9,15,17-20,24H,3,7,10-14H2,1-2H3,(H,27,28)/t15?,17?,18?,19-,20?/m0/s1. The number of fused-ring (bicyclic) bond motifs is 1. The third-order valence-corrected chi connectivity index (χ3v) is 6.33. The normalized spacial score (nSPS) is 24.9. The number of esters is 1. The van der Waals surface area contributed by atoms with Gasteiger partial charge in [-0.3, -0.25) is 14.9 Å². The van der Waals surface area contributed by atoms with Crippen molar-refractivity contribution in [2.24, 2.45) is 5.92 Å². The van der Waals surface area contributed by atoms with E-state index < -0.39 is 24.1 Å². The molecule has 1 aromatic rings. The molecule has 30 heavy (non-hydrogen) atoms. The molecule has 1 amide bonds. The van der Waals surface area contributed by atoms with Crippen LogP contribution >= 0.6 is 0 Å². The summed E-state index contributed by atoms with van der Waals surface area (Å²) in [5, 5.41) is 12.8. The molecule has 7 nitrogen and oxygen atoms in total. The van der Waals surface area contributed by atoms with E-state index in [0.29, 0.717) is 19.3 Å². The number of carboxylic acid groups (broad SMARTS) is 1. The van der Waals surface area contributed by atoms with Crippen molar-refractivity contribution >= 4 is 17.8 Å². The number of nitrogens with zero attached hydrogens (tertiary/aromatic N) is 1. The smallest absolute Gasteiger partial charge is 0.326 e. The molecule has 164 valence electrons. The minimum absolute atomic E-state index is 0.00629. The lowest BCUT2D eigenvalue weighted by atomic mass is 10.0. The van der Waals surface area contributed by atoms with Crippen molar-refractivity contribution in [2.75, 3.05) is 6.61 Å². The van der Waals surface area contributed by atoms with E-state index in [9.17, 15) is 19.5 Å². The number of likely N-dealkylation sites (tertiary alicyclic amines) is 1. The summed E-state index contributed by atoms with van der Waals surface area (Å²) in [4.78, 5) is 39.1. The lowest BCUT2D eigenvalue weighted by molar-refractivity contribution is -0.151. The zero-order valence-corrected chi connectivity index (χ0v) is 17.8. The number of carbonyl (C=O) groups is 3. The second-order valence-electron chi connectivity index (χ2n) is 8.31. The minimum atomic E-state index is -0.948. The van der Waals surface area contributed by atoms with Gasteiger partial charge >= 0.3 is 11.9 Å². The van der Waals surface area contributed by atoms with Crippen molar-refractivity contribution in [3.05, 3.63) is 35.9 Å². The maximum absolute atomic E-state index is 13.2. The van der Waals surface area contributed by atoms with Gasteiger partial charge in [-0.15, -0.1) is 0 Å². The highest BCUT2D eigenvalue weighted by Gasteiger charge is 2.49. The number of hydrogen-bond donors (Lipinski definition) is 2. The second kappa shape index (κ2) is 10.1. The van der Waals surface area contributed by atoms with Crippen LogP contribution in [0.3, 0.4) is 0 Å². The molecule has 0 aromatic heterocycles. The van der Waals surface area contributed by atoms with Crippen LogP contribution in [0.25, 0.3) is 0 Å². The predicted molar refractivity (Wildman–Crippen MR) is 112 cm³/mol. The zero-order valence-electron chi connectivity index (χ0n) is 17.8. The van der Waals surface area contributed by atoms with E-state index in [0.717, 1.165) is 24.8 Å². The van der Waals surface area contributed by atoms with E-state index >= 15 is 0 Å². The number of hydrogen-bond acceptors (Lipinski definition) is 5. The highest BCUT2D eigenvalue weighted by Crippen LogP contribution is 2.41. The average Bonchev–Trinajstić information content (AvgIpc) is 3.32. The molecular weight excluding hydrogens is 384 g/mol. The molecule has 1 aliphatic heterocycles. The van der Waals surface area contributed by atoms with E-state index in [-0.39, 0.29) is 30.4 Å². The van der Waals surface area contributed by atoms with E-state index in [1.165, 1.54) is 0 Å². The Bertz CT molecular complexity index is 753. The zero-order chi connectivity index (χ0) is 21.7. The van der Waals surface area contributed by atoms with Gasteiger partial charge in [-0.2, -0.15) is 0 Å². The van der Waals surface area contributed by atoms with Gasteiger partial charge in [0.2, 0.25) is 5.91 Å². The van der Waals surface area contributed by atoms with Crippen LogP contribution in [0.5, 0.6) is 0 Å². The number of amides is 1. The van der Waals surface area contributed by atoms with Gasteiger partial charge in [0, 0.05) is 6.04 Å². The molecule has 2 fully saturated rings. The first-order valence-electron chi connectivity index (χ1n) is 10.9. The molecule has 3 rings (SSSR count). The fourth-order valence-electron chi connectivity index (χ4n) is 4.89. The van der Waals surface area contributed by atoms with Crippen LogP contribution in [0.4, 0.5) is 0 Å². The Morgan fingerprint density at radius 2 is 1.97 bits per heavy atom. The van der Waals surface area contributed by atoms with Gasteiger partial charge < -0.3 is 14.7 Å². The van der Waals surface area contributed by atoms with Crippen molar-refractivity contribution < 1.29 is 24.2 Å². The molecule has 1 heterocycles. The van der Waals surface area contributed by atoms with Gasteiger partial charge in [0.25, 0.3) is 0 Å². The molecular formula is C23H32N2O5. The lowest BCUT2D eigenvalue weighted by Crippen LogP contribution is -2.55. The van der Waals surface area contributed by atoms with Gasteiger partial charge in [-0.1, -0.05) is 36.8 Å². The third-order valence-electron chi connectivity index (χ3n) is 6.33. The van der Waals surface area contributed by atoms with E-state index in [1.54, 1.807) is 18.7 Å². The molecule has 1 saturated carbocycles. The first-order chi connectivity index (χ1) is 14.4. The van der Waals surface area contributed by atoms with E-state index in [1.807, 2.05) is 30.3 Å². The highest BCUT2D eigenvalue weighted by molar-refractivity contribution is 5.88. The van der Waals surface area contributed by atoms with Gasteiger partial charge in [-0.25, -0.2) is 4.79 Å². The molecule has 0 spiro atoms. The maximum Gasteiger partial charge on any atom is 0.326 e. The van der Waals surface area contributed by atoms with Crippen molar-refractivity contribution in [3.8, 4) is 0 Å². The largest absolute Gasteiger partial charge is 0.480 e. The molecule has 2 aliphatic rings. The van der Waals surface area contributed by atoms with E-state index in [2.05, 4.69) is 5.32 Å². The summed E-state index contributed by atoms with van der Waals surface area (Å²) in [7, 11) is 0. The summed E-state index contributed by atoms with van der Waals surface area (Å²) in [6.45, 7) is 3.72. The van der Waals surface area contributed by atoms with Crippen LogP contribution in [-0.4, -0.2) is 58.6 Å². The van der Waals surface area contributed by atoms with Crippen LogP contribution in [0.15, 0.2) is 30.3 Å². The SMILES string of the molecule is CCOC(=O)C(CCc1ccccc1)NC(C)C(=O)N1C(C(=O)O)CC2CCC[C@@H]21. The number of aryl methyl sites for hydroxylation is 1. The summed E-state index contributed by atoms with van der Waals surface area (Å²) < 4.78 is 5.21.